The quantitative estimate of drug-likeness (QED) is 0.428. The van der Waals surface area contributed by atoms with E-state index in [1.54, 1.807) is 0 Å². The smallest absolute Gasteiger partial charge is 0.191 e. The van der Waals surface area contributed by atoms with Crippen molar-refractivity contribution >= 4 is 29.9 Å². The second-order valence-electron chi connectivity index (χ2n) is 5.77. The first-order chi connectivity index (χ1) is 9.33. The summed E-state index contributed by atoms with van der Waals surface area (Å²) < 4.78 is 0. The Hall–Kier alpha value is -0.0400. The molecule has 4 nitrogen and oxygen atoms in total. The van der Waals surface area contributed by atoms with Crippen LogP contribution in [0.5, 0.6) is 0 Å². The molecule has 1 heterocycles. The molecule has 5 heteroatoms. The van der Waals surface area contributed by atoms with Crippen LogP contribution in [-0.4, -0.2) is 49.1 Å². The van der Waals surface area contributed by atoms with Crippen LogP contribution in [0.2, 0.25) is 0 Å². The molecule has 0 amide bonds. The molecular weight excluding hydrogens is 363 g/mol. The first-order valence-electron chi connectivity index (χ1n) is 8.12. The number of likely N-dealkylation sites (N-methyl/N-ethyl adjacent to an activating group) is 1. The zero-order valence-electron chi connectivity index (χ0n) is 13.0. The summed E-state index contributed by atoms with van der Waals surface area (Å²) in [7, 11) is 0. The minimum Gasteiger partial charge on any atom is -0.357 e. The number of hydrogen-bond donors (Lipinski definition) is 2. The van der Waals surface area contributed by atoms with Gasteiger partial charge in [-0.25, -0.2) is 0 Å². The molecule has 1 saturated heterocycles. The number of hydrogen-bond acceptors (Lipinski definition) is 2. The fraction of sp³-hybridized carbons (Fsp3) is 0.933. The van der Waals surface area contributed by atoms with Gasteiger partial charge in [0.1, 0.15) is 0 Å². The van der Waals surface area contributed by atoms with Crippen LogP contribution in [0.1, 0.15) is 52.4 Å². The largest absolute Gasteiger partial charge is 0.357 e. The number of likely N-dealkylation sites (tertiary alicyclic amines) is 1. The number of aliphatic imine (C=N–C) groups is 1. The van der Waals surface area contributed by atoms with Gasteiger partial charge in [0.25, 0.3) is 0 Å². The predicted molar refractivity (Wildman–Crippen MR) is 97.1 cm³/mol. The fourth-order valence-corrected chi connectivity index (χ4v) is 3.30. The van der Waals surface area contributed by atoms with Gasteiger partial charge in [-0.1, -0.05) is 19.8 Å². The van der Waals surface area contributed by atoms with Crippen LogP contribution in [0, 0.1) is 0 Å². The molecule has 118 valence electrons. The summed E-state index contributed by atoms with van der Waals surface area (Å²) >= 11 is 0. The third-order valence-electron chi connectivity index (χ3n) is 4.41. The van der Waals surface area contributed by atoms with Crippen molar-refractivity contribution in [3.63, 3.8) is 0 Å². The Kier molecular flexibility index (Phi) is 8.84. The normalized spacial score (nSPS) is 24.7. The highest BCUT2D eigenvalue weighted by Crippen LogP contribution is 2.18. The minimum atomic E-state index is 0. The van der Waals surface area contributed by atoms with Gasteiger partial charge in [0.15, 0.2) is 5.96 Å². The minimum absolute atomic E-state index is 0. The fourth-order valence-electron chi connectivity index (χ4n) is 3.30. The third kappa shape index (κ3) is 5.39. The van der Waals surface area contributed by atoms with E-state index in [-0.39, 0.29) is 24.0 Å². The molecule has 0 aromatic carbocycles. The lowest BCUT2D eigenvalue weighted by atomic mass is 10.2. The van der Waals surface area contributed by atoms with Crippen LogP contribution in [0.3, 0.4) is 0 Å². The molecule has 0 aromatic heterocycles. The molecule has 1 aliphatic heterocycles. The van der Waals surface area contributed by atoms with Crippen LogP contribution in [0.4, 0.5) is 0 Å². The Morgan fingerprint density at radius 3 is 2.55 bits per heavy atom. The van der Waals surface area contributed by atoms with Gasteiger partial charge < -0.3 is 10.6 Å². The first-order valence-corrected chi connectivity index (χ1v) is 8.12. The van der Waals surface area contributed by atoms with E-state index in [1.165, 1.54) is 45.1 Å². The van der Waals surface area contributed by atoms with Crippen molar-refractivity contribution in [2.24, 2.45) is 4.99 Å². The highest BCUT2D eigenvalue weighted by molar-refractivity contribution is 14.0. The molecule has 0 spiro atoms. The molecule has 2 aliphatic rings. The van der Waals surface area contributed by atoms with Crippen LogP contribution < -0.4 is 10.6 Å². The topological polar surface area (TPSA) is 39.7 Å². The van der Waals surface area contributed by atoms with Gasteiger partial charge in [0.2, 0.25) is 0 Å². The standard InChI is InChI=1S/C15H30N4.HI/c1-3-16-15(18-13-8-5-6-9-13)17-12-14-10-7-11-19(14)4-2;/h13-14H,3-12H2,1-2H3,(H2,16,17,18);1H. The summed E-state index contributed by atoms with van der Waals surface area (Å²) in [6, 6.07) is 1.30. The SMILES string of the molecule is CCNC(=NCC1CCCN1CC)NC1CCCC1.I. The van der Waals surface area contributed by atoms with Crippen molar-refractivity contribution in [2.75, 3.05) is 26.2 Å². The van der Waals surface area contributed by atoms with E-state index in [4.69, 9.17) is 4.99 Å². The van der Waals surface area contributed by atoms with Crippen molar-refractivity contribution in [3.8, 4) is 0 Å². The maximum Gasteiger partial charge on any atom is 0.191 e. The lowest BCUT2D eigenvalue weighted by Crippen LogP contribution is -2.43. The third-order valence-corrected chi connectivity index (χ3v) is 4.41. The molecule has 0 radical (unpaired) electrons. The van der Waals surface area contributed by atoms with Gasteiger partial charge in [-0.2, -0.15) is 0 Å². The van der Waals surface area contributed by atoms with Crippen molar-refractivity contribution in [1.29, 1.82) is 0 Å². The van der Waals surface area contributed by atoms with Crippen molar-refractivity contribution in [1.82, 2.24) is 15.5 Å². The van der Waals surface area contributed by atoms with Gasteiger partial charge in [0.05, 0.1) is 6.54 Å². The van der Waals surface area contributed by atoms with E-state index in [0.717, 1.165) is 25.6 Å². The monoisotopic (exact) mass is 394 g/mol. The molecule has 1 unspecified atom stereocenters. The first kappa shape index (κ1) is 18.0. The Morgan fingerprint density at radius 2 is 1.90 bits per heavy atom. The van der Waals surface area contributed by atoms with Gasteiger partial charge in [0, 0.05) is 18.6 Å². The Labute approximate surface area is 141 Å². The number of halogens is 1. The summed E-state index contributed by atoms with van der Waals surface area (Å²) in [6.07, 6.45) is 7.97. The second kappa shape index (κ2) is 9.82. The van der Waals surface area contributed by atoms with Crippen molar-refractivity contribution in [2.45, 2.75) is 64.5 Å². The average Bonchev–Trinajstić information content (AvgIpc) is 3.07. The van der Waals surface area contributed by atoms with E-state index < -0.39 is 0 Å². The summed E-state index contributed by atoms with van der Waals surface area (Å²) in [6.45, 7) is 8.69. The molecule has 2 fully saturated rings. The molecule has 0 bridgehead atoms. The molecule has 1 aliphatic carbocycles. The zero-order chi connectivity index (χ0) is 13.5. The number of nitrogens with zero attached hydrogens (tertiary/aromatic N) is 2. The van der Waals surface area contributed by atoms with Crippen LogP contribution in [0.15, 0.2) is 4.99 Å². The Bertz CT molecular complexity index is 290. The van der Waals surface area contributed by atoms with Gasteiger partial charge in [-0.3, -0.25) is 9.89 Å². The van der Waals surface area contributed by atoms with E-state index in [2.05, 4.69) is 29.4 Å². The highest BCUT2D eigenvalue weighted by atomic mass is 127. The highest BCUT2D eigenvalue weighted by Gasteiger charge is 2.23. The zero-order valence-corrected chi connectivity index (χ0v) is 15.4. The van der Waals surface area contributed by atoms with E-state index in [1.807, 2.05) is 0 Å². The lowest BCUT2D eigenvalue weighted by molar-refractivity contribution is 0.273. The van der Waals surface area contributed by atoms with E-state index in [9.17, 15) is 0 Å². The summed E-state index contributed by atoms with van der Waals surface area (Å²) in [4.78, 5) is 7.37. The van der Waals surface area contributed by atoms with Crippen molar-refractivity contribution < 1.29 is 0 Å². The number of guanidine groups is 1. The molecule has 2 N–H and O–H groups in total. The predicted octanol–water partition coefficient (Wildman–Crippen LogP) is 2.59. The van der Waals surface area contributed by atoms with Crippen LogP contribution in [-0.2, 0) is 0 Å². The van der Waals surface area contributed by atoms with Crippen LogP contribution in [0.25, 0.3) is 0 Å². The second-order valence-corrected chi connectivity index (χ2v) is 5.77. The molecular formula is C15H31IN4. The summed E-state index contributed by atoms with van der Waals surface area (Å²) in [5, 5.41) is 6.98. The molecule has 2 rings (SSSR count). The Morgan fingerprint density at radius 1 is 1.15 bits per heavy atom. The summed E-state index contributed by atoms with van der Waals surface area (Å²) in [5.41, 5.74) is 0. The molecule has 20 heavy (non-hydrogen) atoms. The maximum atomic E-state index is 4.81. The summed E-state index contributed by atoms with van der Waals surface area (Å²) in [5.74, 6) is 1.03. The molecule has 1 atom stereocenters. The van der Waals surface area contributed by atoms with Crippen molar-refractivity contribution in [3.05, 3.63) is 0 Å². The molecule has 1 saturated carbocycles. The Balaban J connectivity index is 0.00000200. The van der Waals surface area contributed by atoms with Crippen LogP contribution >= 0.6 is 24.0 Å². The maximum absolute atomic E-state index is 4.81. The average molecular weight is 394 g/mol. The number of rotatable bonds is 5. The van der Waals surface area contributed by atoms with E-state index in [0.29, 0.717) is 12.1 Å². The number of nitrogens with one attached hydrogen (secondary N) is 2. The van der Waals surface area contributed by atoms with Gasteiger partial charge in [-0.05, 0) is 45.7 Å². The molecule has 0 aromatic rings. The van der Waals surface area contributed by atoms with Gasteiger partial charge in [-0.15, -0.1) is 24.0 Å². The van der Waals surface area contributed by atoms with Gasteiger partial charge >= 0.3 is 0 Å². The van der Waals surface area contributed by atoms with E-state index >= 15 is 0 Å². The lowest BCUT2D eigenvalue weighted by Gasteiger charge is -2.22.